The highest BCUT2D eigenvalue weighted by atomic mass is 35.5. The number of carbonyl (C=O) groups excluding carboxylic acids is 1. The molecule has 1 aromatic carbocycles. The Kier molecular flexibility index (Phi) is 7.22. The average Bonchev–Trinajstić information content (AvgIpc) is 3.11. The van der Waals surface area contributed by atoms with E-state index in [9.17, 15) is 4.79 Å². The number of halogens is 2. The molecule has 2 aromatic heterocycles. The Labute approximate surface area is 184 Å². The van der Waals surface area contributed by atoms with Gasteiger partial charge < -0.3 is 5.32 Å². The van der Waals surface area contributed by atoms with Crippen molar-refractivity contribution in [2.45, 2.75) is 37.8 Å². The molecule has 5 nitrogen and oxygen atoms in total. The summed E-state index contributed by atoms with van der Waals surface area (Å²) in [4.78, 5) is 17.3. The minimum absolute atomic E-state index is 0.0888. The summed E-state index contributed by atoms with van der Waals surface area (Å²) in [7, 11) is 0. The highest BCUT2D eigenvalue weighted by Crippen LogP contribution is 2.26. The summed E-state index contributed by atoms with van der Waals surface area (Å²) < 4.78 is 1.68. The molecule has 2 heterocycles. The van der Waals surface area contributed by atoms with Gasteiger partial charge in [-0.25, -0.2) is 9.67 Å². The largest absolute Gasteiger partial charge is 0.345 e. The number of aromatic nitrogens is 3. The fourth-order valence-corrected chi connectivity index (χ4v) is 3.82. The zero-order valence-electron chi connectivity index (χ0n) is 16.4. The number of rotatable bonds is 7. The number of hydrogen-bond acceptors (Lipinski definition) is 4. The molecule has 1 amide bonds. The van der Waals surface area contributed by atoms with E-state index in [0.717, 1.165) is 34.8 Å². The smallest absolute Gasteiger partial charge is 0.255 e. The van der Waals surface area contributed by atoms with Crippen LogP contribution in [0.5, 0.6) is 0 Å². The lowest BCUT2D eigenvalue weighted by Gasteiger charge is -2.19. The maximum Gasteiger partial charge on any atom is 0.255 e. The fourth-order valence-electron chi connectivity index (χ4n) is 3.11. The normalized spacial score (nSPS) is 12.0. The van der Waals surface area contributed by atoms with Gasteiger partial charge in [-0.05, 0) is 55.5 Å². The molecule has 3 aromatic rings. The SMILES string of the molecule is CCCC(NC(=O)c1cnn(-c2ccc(Cl)c(Cl)c2)c1C)c1ccnc(SC)c1. The van der Waals surface area contributed by atoms with Crippen LogP contribution < -0.4 is 5.32 Å². The van der Waals surface area contributed by atoms with Crippen molar-refractivity contribution in [2.75, 3.05) is 6.26 Å². The van der Waals surface area contributed by atoms with Crippen LogP contribution in [-0.4, -0.2) is 26.9 Å². The van der Waals surface area contributed by atoms with Crippen molar-refractivity contribution in [3.05, 3.63) is 69.6 Å². The first-order valence-electron chi connectivity index (χ1n) is 9.25. The molecule has 8 heteroatoms. The van der Waals surface area contributed by atoms with E-state index in [2.05, 4.69) is 22.3 Å². The molecular formula is C21H22Cl2N4OS. The van der Waals surface area contributed by atoms with E-state index in [-0.39, 0.29) is 11.9 Å². The number of thioether (sulfide) groups is 1. The maximum absolute atomic E-state index is 13.0. The summed E-state index contributed by atoms with van der Waals surface area (Å²) in [5.74, 6) is -0.158. The van der Waals surface area contributed by atoms with Gasteiger partial charge in [-0.2, -0.15) is 5.10 Å². The van der Waals surface area contributed by atoms with Gasteiger partial charge in [0.2, 0.25) is 0 Å². The van der Waals surface area contributed by atoms with Crippen LogP contribution in [0.2, 0.25) is 10.0 Å². The van der Waals surface area contributed by atoms with Gasteiger partial charge in [-0.15, -0.1) is 11.8 Å². The predicted octanol–water partition coefficient (Wildman–Crippen LogP) is 5.88. The summed E-state index contributed by atoms with van der Waals surface area (Å²) >= 11 is 13.7. The van der Waals surface area contributed by atoms with Crippen LogP contribution in [0.25, 0.3) is 5.69 Å². The molecule has 0 radical (unpaired) electrons. The second-order valence-electron chi connectivity index (χ2n) is 6.60. The van der Waals surface area contributed by atoms with E-state index in [1.807, 2.05) is 31.4 Å². The average molecular weight is 449 g/mol. The summed E-state index contributed by atoms with van der Waals surface area (Å²) in [6.07, 6.45) is 7.13. The van der Waals surface area contributed by atoms with E-state index in [1.165, 1.54) is 0 Å². The predicted molar refractivity (Wildman–Crippen MR) is 119 cm³/mol. The molecule has 29 heavy (non-hydrogen) atoms. The molecule has 0 aliphatic rings. The van der Waals surface area contributed by atoms with Crippen molar-refractivity contribution in [1.82, 2.24) is 20.1 Å². The first kappa shape index (κ1) is 21.7. The molecule has 0 fully saturated rings. The van der Waals surface area contributed by atoms with Gasteiger partial charge in [0.1, 0.15) is 0 Å². The zero-order chi connectivity index (χ0) is 21.0. The number of pyridine rings is 1. The van der Waals surface area contributed by atoms with Crippen LogP contribution in [0.15, 0.2) is 47.8 Å². The number of nitrogens with one attached hydrogen (secondary N) is 1. The van der Waals surface area contributed by atoms with Crippen LogP contribution in [0, 0.1) is 6.92 Å². The molecule has 1 unspecified atom stereocenters. The molecule has 152 valence electrons. The van der Waals surface area contributed by atoms with E-state index in [1.54, 1.807) is 41.0 Å². The second-order valence-corrected chi connectivity index (χ2v) is 8.24. The highest BCUT2D eigenvalue weighted by molar-refractivity contribution is 7.98. The van der Waals surface area contributed by atoms with Crippen molar-refractivity contribution in [1.29, 1.82) is 0 Å². The molecule has 0 aliphatic heterocycles. The van der Waals surface area contributed by atoms with Crippen molar-refractivity contribution in [3.8, 4) is 5.69 Å². The lowest BCUT2D eigenvalue weighted by molar-refractivity contribution is 0.0933. The Morgan fingerprint density at radius 3 is 2.72 bits per heavy atom. The van der Waals surface area contributed by atoms with E-state index < -0.39 is 0 Å². The summed E-state index contributed by atoms with van der Waals surface area (Å²) in [5.41, 5.74) is 3.06. The van der Waals surface area contributed by atoms with Crippen molar-refractivity contribution >= 4 is 40.9 Å². The third-order valence-corrected chi connectivity index (χ3v) is 6.04. The van der Waals surface area contributed by atoms with E-state index in [4.69, 9.17) is 23.2 Å². The Hall–Kier alpha value is -2.02. The molecule has 1 N–H and O–H groups in total. The van der Waals surface area contributed by atoms with E-state index in [0.29, 0.717) is 15.6 Å². The van der Waals surface area contributed by atoms with Crippen molar-refractivity contribution in [2.24, 2.45) is 0 Å². The standard InChI is InChI=1S/C21H22Cl2N4OS/c1-4-5-19(14-8-9-24-20(10-14)29-3)26-21(28)16-12-25-27(13(16)2)15-6-7-17(22)18(23)11-15/h6-12,19H,4-5H2,1-3H3,(H,26,28). The minimum Gasteiger partial charge on any atom is -0.345 e. The second kappa shape index (κ2) is 9.65. The lowest BCUT2D eigenvalue weighted by atomic mass is 10.0. The van der Waals surface area contributed by atoms with E-state index >= 15 is 0 Å². The first-order chi connectivity index (χ1) is 13.9. The molecule has 0 saturated heterocycles. The summed E-state index contributed by atoms with van der Waals surface area (Å²) in [6, 6.07) is 9.14. The minimum atomic E-state index is -0.158. The third-order valence-electron chi connectivity index (χ3n) is 4.66. The molecule has 0 saturated carbocycles. The summed E-state index contributed by atoms with van der Waals surface area (Å²) in [6.45, 7) is 3.96. The van der Waals surface area contributed by atoms with Crippen molar-refractivity contribution < 1.29 is 4.79 Å². The Morgan fingerprint density at radius 2 is 2.03 bits per heavy atom. The van der Waals surface area contributed by atoms with Gasteiger partial charge in [0.25, 0.3) is 5.91 Å². The highest BCUT2D eigenvalue weighted by Gasteiger charge is 2.20. The van der Waals surface area contributed by atoms with Crippen LogP contribution in [0.4, 0.5) is 0 Å². The van der Waals surface area contributed by atoms with Gasteiger partial charge in [-0.3, -0.25) is 4.79 Å². The van der Waals surface area contributed by atoms with Gasteiger partial charge in [0, 0.05) is 6.20 Å². The molecule has 0 aliphatic carbocycles. The van der Waals surface area contributed by atoms with Crippen LogP contribution in [-0.2, 0) is 0 Å². The Balaban J connectivity index is 1.85. The van der Waals surface area contributed by atoms with Gasteiger partial charge in [0.15, 0.2) is 0 Å². The molecule has 0 bridgehead atoms. The van der Waals surface area contributed by atoms with Gasteiger partial charge in [-0.1, -0.05) is 36.5 Å². The third kappa shape index (κ3) is 4.94. The number of benzene rings is 1. The monoisotopic (exact) mass is 448 g/mol. The first-order valence-corrected chi connectivity index (χ1v) is 11.2. The van der Waals surface area contributed by atoms with Crippen LogP contribution in [0.1, 0.15) is 47.4 Å². The number of amides is 1. The van der Waals surface area contributed by atoms with Crippen LogP contribution in [0.3, 0.4) is 0 Å². The Bertz CT molecular complexity index is 1020. The molecule has 3 rings (SSSR count). The van der Waals surface area contributed by atoms with Gasteiger partial charge in [0.05, 0.1) is 44.3 Å². The van der Waals surface area contributed by atoms with Crippen molar-refractivity contribution in [3.63, 3.8) is 0 Å². The molecule has 0 spiro atoms. The topological polar surface area (TPSA) is 59.8 Å². The quantitative estimate of drug-likeness (QED) is 0.458. The van der Waals surface area contributed by atoms with Crippen LogP contribution >= 0.6 is 35.0 Å². The number of hydrogen-bond donors (Lipinski definition) is 1. The zero-order valence-corrected chi connectivity index (χ0v) is 18.8. The molecular weight excluding hydrogens is 427 g/mol. The van der Waals surface area contributed by atoms with Gasteiger partial charge >= 0.3 is 0 Å². The number of nitrogens with zero attached hydrogens (tertiary/aromatic N) is 3. The molecule has 1 atom stereocenters. The lowest BCUT2D eigenvalue weighted by Crippen LogP contribution is -2.29. The maximum atomic E-state index is 13.0. The summed E-state index contributed by atoms with van der Waals surface area (Å²) in [5, 5.41) is 9.37. The Morgan fingerprint density at radius 1 is 1.24 bits per heavy atom. The number of carbonyl (C=O) groups is 1. The fraction of sp³-hybridized carbons (Fsp3) is 0.286.